The zero-order chi connectivity index (χ0) is 37.3. The smallest absolute Gasteiger partial charge is 0.395 e. The lowest BCUT2D eigenvalue weighted by atomic mass is 10.0. The first kappa shape index (κ1) is 47.8. The van der Waals surface area contributed by atoms with Crippen LogP contribution in [0.2, 0.25) is 0 Å². The topological polar surface area (TPSA) is 93.1 Å². The van der Waals surface area contributed by atoms with E-state index in [0.717, 1.165) is 62.5 Å². The molecule has 0 saturated heterocycles. The predicted molar refractivity (Wildman–Crippen MR) is 211 cm³/mol. The van der Waals surface area contributed by atoms with Crippen molar-refractivity contribution in [2.45, 2.75) is 214 Å². The minimum Gasteiger partial charge on any atom is -0.395 e. The van der Waals surface area contributed by atoms with E-state index < -0.39 is 17.9 Å². The number of unbranched alkanes of at least 4 members (excludes halogenated alkanes) is 16. The van der Waals surface area contributed by atoms with Crippen molar-refractivity contribution in [1.29, 1.82) is 0 Å². The Labute approximate surface area is 308 Å². The zero-order valence-corrected chi connectivity index (χ0v) is 33.4. The van der Waals surface area contributed by atoms with E-state index in [9.17, 15) is 19.8 Å². The van der Waals surface area contributed by atoms with Gasteiger partial charge in [0.05, 0.1) is 6.61 Å². The molecule has 0 aromatic carbocycles. The van der Waals surface area contributed by atoms with Crippen LogP contribution in [0.3, 0.4) is 0 Å². The lowest BCUT2D eigenvalue weighted by Gasteiger charge is -2.25. The quantitative estimate of drug-likeness (QED) is 0.0306. The SMILES string of the molecule is CCCCCCCCCCCC(=O)OC(O)(/C=C(\C)CC/C=C(/CO)CC/C=C(\C)CCC=C(C)C)OC(=O)CCCCCCCCCCC. The minimum atomic E-state index is -2.42. The van der Waals surface area contributed by atoms with Crippen LogP contribution < -0.4 is 0 Å². The highest BCUT2D eigenvalue weighted by atomic mass is 16.8. The number of esters is 2. The fourth-order valence-electron chi connectivity index (χ4n) is 6.00. The highest BCUT2D eigenvalue weighted by Crippen LogP contribution is 2.22. The number of carbonyl (C=O) groups excluding carboxylic acids is 2. The van der Waals surface area contributed by atoms with Gasteiger partial charge in [0.1, 0.15) is 0 Å². The fourth-order valence-corrected chi connectivity index (χ4v) is 6.00. The average molecular weight is 703 g/mol. The van der Waals surface area contributed by atoms with Gasteiger partial charge in [-0.25, -0.2) is 0 Å². The van der Waals surface area contributed by atoms with Crippen LogP contribution in [0.1, 0.15) is 208 Å². The van der Waals surface area contributed by atoms with E-state index in [0.29, 0.717) is 25.7 Å². The van der Waals surface area contributed by atoms with Gasteiger partial charge in [0, 0.05) is 18.9 Å². The van der Waals surface area contributed by atoms with Gasteiger partial charge in [-0.2, -0.15) is 0 Å². The third kappa shape index (κ3) is 30.6. The van der Waals surface area contributed by atoms with Crippen LogP contribution in [-0.2, 0) is 19.1 Å². The third-order valence-electron chi connectivity index (χ3n) is 9.14. The highest BCUT2D eigenvalue weighted by Gasteiger charge is 2.34. The molecule has 0 spiro atoms. The van der Waals surface area contributed by atoms with Crippen molar-refractivity contribution in [2.75, 3.05) is 6.61 Å². The molecule has 6 nitrogen and oxygen atoms in total. The molecule has 0 fully saturated rings. The molecule has 0 aliphatic carbocycles. The van der Waals surface area contributed by atoms with Crippen LogP contribution in [0.4, 0.5) is 0 Å². The van der Waals surface area contributed by atoms with Gasteiger partial charge >= 0.3 is 17.9 Å². The minimum absolute atomic E-state index is 0.00426. The maximum atomic E-state index is 12.8. The summed E-state index contributed by atoms with van der Waals surface area (Å²) < 4.78 is 10.9. The van der Waals surface area contributed by atoms with E-state index in [1.807, 2.05) is 13.0 Å². The maximum Gasteiger partial charge on any atom is 0.396 e. The number of rotatable bonds is 33. The van der Waals surface area contributed by atoms with Crippen LogP contribution >= 0.6 is 0 Å². The van der Waals surface area contributed by atoms with Gasteiger partial charge in [-0.3, -0.25) is 9.59 Å². The second-order valence-corrected chi connectivity index (χ2v) is 14.7. The van der Waals surface area contributed by atoms with Gasteiger partial charge in [0.2, 0.25) is 0 Å². The van der Waals surface area contributed by atoms with E-state index in [4.69, 9.17) is 9.47 Å². The molecule has 0 unspecified atom stereocenters. The Bertz CT molecular complexity index is 948. The summed E-state index contributed by atoms with van der Waals surface area (Å²) in [5, 5.41) is 21.2. The second-order valence-electron chi connectivity index (χ2n) is 14.7. The number of allylic oxidation sites excluding steroid dienone is 6. The van der Waals surface area contributed by atoms with Crippen molar-refractivity contribution in [3.05, 3.63) is 46.6 Å². The summed E-state index contributed by atoms with van der Waals surface area (Å²) in [6, 6.07) is 0. The molecule has 0 amide bonds. The normalized spacial score (nSPS) is 12.7. The van der Waals surface area contributed by atoms with E-state index in [1.165, 1.54) is 94.3 Å². The van der Waals surface area contributed by atoms with E-state index in [1.54, 1.807) is 0 Å². The largest absolute Gasteiger partial charge is 0.396 e. The Morgan fingerprint density at radius 1 is 0.520 bits per heavy atom. The molecule has 0 bridgehead atoms. The second kappa shape index (κ2) is 32.7. The van der Waals surface area contributed by atoms with Gasteiger partial charge in [-0.1, -0.05) is 152 Å². The van der Waals surface area contributed by atoms with Crippen molar-refractivity contribution in [2.24, 2.45) is 0 Å². The molecule has 2 N–H and O–H groups in total. The molecule has 0 aliphatic heterocycles. The first-order valence-corrected chi connectivity index (χ1v) is 20.5. The molecular formula is C44H78O6. The maximum absolute atomic E-state index is 12.8. The fraction of sp³-hybridized carbons (Fsp3) is 0.773. The molecule has 0 radical (unpaired) electrons. The standard InChI is InChI=1S/C44H78O6/c1-7-9-11-13-15-17-19-21-23-34-42(46)49-44(48,50-43(47)35-24-22-20-18-16-14-12-10-8-2)36-40(6)31-27-33-41(37-45)32-26-30-39(5)29-25-28-38(3)4/h28,30,33,36,45,48H,7-27,29,31-32,34-35,37H2,1-6H3/b39-30+,40-36+,41-33+. The summed E-state index contributed by atoms with van der Waals surface area (Å²) in [6.07, 6.45) is 33.6. The number of carbonyl (C=O) groups is 2. The Kier molecular flexibility index (Phi) is 31.3. The number of aliphatic hydroxyl groups is 2. The Balaban J connectivity index is 5.09. The van der Waals surface area contributed by atoms with Gasteiger partial charge in [0.25, 0.3) is 0 Å². The monoisotopic (exact) mass is 703 g/mol. The van der Waals surface area contributed by atoms with Crippen LogP contribution in [0.25, 0.3) is 0 Å². The molecule has 0 aliphatic rings. The van der Waals surface area contributed by atoms with Crippen LogP contribution in [0.15, 0.2) is 46.6 Å². The summed E-state index contributed by atoms with van der Waals surface area (Å²) in [4.78, 5) is 25.6. The molecule has 6 heteroatoms. The number of ether oxygens (including phenoxy) is 2. The zero-order valence-electron chi connectivity index (χ0n) is 33.4. The summed E-state index contributed by atoms with van der Waals surface area (Å²) in [6.45, 7) is 12.7. The van der Waals surface area contributed by atoms with Crippen LogP contribution in [0, 0.1) is 0 Å². The van der Waals surface area contributed by atoms with E-state index >= 15 is 0 Å². The van der Waals surface area contributed by atoms with Crippen molar-refractivity contribution < 1.29 is 29.3 Å². The lowest BCUT2D eigenvalue weighted by molar-refractivity contribution is -0.296. The Morgan fingerprint density at radius 2 is 0.920 bits per heavy atom. The Hall–Kier alpha value is -2.18. The Morgan fingerprint density at radius 3 is 1.36 bits per heavy atom. The van der Waals surface area contributed by atoms with Crippen molar-refractivity contribution >= 4 is 11.9 Å². The van der Waals surface area contributed by atoms with Gasteiger partial charge in [0.15, 0.2) is 0 Å². The van der Waals surface area contributed by atoms with E-state index in [-0.39, 0.29) is 19.4 Å². The summed E-state index contributed by atoms with van der Waals surface area (Å²) >= 11 is 0. The molecule has 0 saturated carbocycles. The molecule has 0 aromatic heterocycles. The van der Waals surface area contributed by atoms with Gasteiger partial charge in [-0.15, -0.1) is 0 Å². The first-order valence-electron chi connectivity index (χ1n) is 20.5. The molecule has 0 aromatic rings. The van der Waals surface area contributed by atoms with Gasteiger partial charge in [-0.05, 0) is 84.6 Å². The number of aliphatic hydroxyl groups excluding tert-OH is 1. The molecule has 50 heavy (non-hydrogen) atoms. The molecule has 290 valence electrons. The van der Waals surface area contributed by atoms with E-state index in [2.05, 4.69) is 46.8 Å². The summed E-state index contributed by atoms with van der Waals surface area (Å²) in [5.74, 6) is -3.56. The molecule has 0 atom stereocenters. The first-order chi connectivity index (χ1) is 24.0. The third-order valence-corrected chi connectivity index (χ3v) is 9.14. The van der Waals surface area contributed by atoms with Crippen LogP contribution in [-0.4, -0.2) is 34.7 Å². The summed E-state index contributed by atoms with van der Waals surface area (Å²) in [5.41, 5.74) is 4.41. The summed E-state index contributed by atoms with van der Waals surface area (Å²) in [7, 11) is 0. The van der Waals surface area contributed by atoms with Gasteiger partial charge < -0.3 is 19.7 Å². The molecule has 0 rings (SSSR count). The van der Waals surface area contributed by atoms with Crippen molar-refractivity contribution in [3.8, 4) is 0 Å². The molecule has 0 heterocycles. The van der Waals surface area contributed by atoms with Crippen molar-refractivity contribution in [1.82, 2.24) is 0 Å². The lowest BCUT2D eigenvalue weighted by Crippen LogP contribution is -2.38. The average Bonchev–Trinajstić information content (AvgIpc) is 3.05. The van der Waals surface area contributed by atoms with Crippen LogP contribution in [0.5, 0.6) is 0 Å². The molecular weight excluding hydrogens is 624 g/mol. The predicted octanol–water partition coefficient (Wildman–Crippen LogP) is 12.7. The number of hydrogen-bond donors (Lipinski definition) is 2. The highest BCUT2D eigenvalue weighted by molar-refractivity contribution is 5.72. The number of hydrogen-bond acceptors (Lipinski definition) is 6. The van der Waals surface area contributed by atoms with Crippen molar-refractivity contribution in [3.63, 3.8) is 0 Å².